The molecule has 5 rings (SSSR count). The number of carbonyl (C=O) groups is 1. The van der Waals surface area contributed by atoms with Crippen LogP contribution >= 0.6 is 0 Å². The van der Waals surface area contributed by atoms with Gasteiger partial charge in [-0.3, -0.25) is 4.79 Å². The number of aliphatic hydroxyl groups is 9. The number of ether oxygens (including phenoxy) is 7. The number of aliphatic hydroxyl groups excluding tert-OH is 9. The highest BCUT2D eigenvalue weighted by atomic mass is 16.7. The zero-order valence-corrected chi connectivity index (χ0v) is 26.4. The van der Waals surface area contributed by atoms with E-state index < -0.39 is 129 Å². The average Bonchev–Trinajstić information content (AvgIpc) is 3.04. The Hall–Kier alpha value is -1.13. The molecule has 17 nitrogen and oxygen atoms in total. The van der Waals surface area contributed by atoms with E-state index in [1.165, 1.54) is 14.0 Å². The van der Waals surface area contributed by atoms with Gasteiger partial charge in [0.15, 0.2) is 12.6 Å². The molecule has 5 aliphatic rings. The molecule has 5 fully saturated rings. The molecule has 2 saturated carbocycles. The third-order valence-electron chi connectivity index (χ3n) is 10.3. The third-order valence-corrected chi connectivity index (χ3v) is 10.3. The number of hydrogen-bond acceptors (Lipinski definition) is 17. The molecule has 0 aromatic heterocycles. The molecule has 3 saturated heterocycles. The Morgan fingerprint density at radius 2 is 1.32 bits per heavy atom. The molecule has 0 spiro atoms. The summed E-state index contributed by atoms with van der Waals surface area (Å²) in [6.07, 6.45) is -18.2. The maximum atomic E-state index is 11.3. The van der Waals surface area contributed by atoms with E-state index in [9.17, 15) is 50.8 Å². The van der Waals surface area contributed by atoms with E-state index in [0.29, 0.717) is 19.3 Å². The third kappa shape index (κ3) is 8.10. The second kappa shape index (κ2) is 15.8. The zero-order valence-electron chi connectivity index (χ0n) is 26.4. The van der Waals surface area contributed by atoms with Crippen molar-refractivity contribution in [3.05, 3.63) is 0 Å². The molecule has 19 atom stereocenters. The summed E-state index contributed by atoms with van der Waals surface area (Å²) < 4.78 is 40.9. The Kier molecular flexibility index (Phi) is 12.5. The Morgan fingerprint density at radius 3 is 1.94 bits per heavy atom. The lowest BCUT2D eigenvalue weighted by Crippen LogP contribution is -2.63. The van der Waals surface area contributed by atoms with Gasteiger partial charge in [0.25, 0.3) is 0 Å². The maximum absolute atomic E-state index is 11.3. The van der Waals surface area contributed by atoms with Gasteiger partial charge < -0.3 is 79.1 Å². The summed E-state index contributed by atoms with van der Waals surface area (Å²) in [5, 5.41) is 94.1. The smallest absolute Gasteiger partial charge is 0.302 e. The Balaban J connectivity index is 1.38. The predicted molar refractivity (Wildman–Crippen MR) is 153 cm³/mol. The first-order valence-electron chi connectivity index (χ1n) is 16.3. The molecule has 0 aromatic carbocycles. The van der Waals surface area contributed by atoms with Crippen LogP contribution in [-0.2, 0) is 38.0 Å². The molecular formula is C30H50O17. The molecule has 0 bridgehead atoms. The lowest BCUT2D eigenvalue weighted by atomic mass is 9.72. The van der Waals surface area contributed by atoms with Gasteiger partial charge in [0.1, 0.15) is 55.4 Å². The van der Waals surface area contributed by atoms with Gasteiger partial charge >= 0.3 is 5.97 Å². The highest BCUT2D eigenvalue weighted by Crippen LogP contribution is 2.45. The molecular weight excluding hydrogens is 632 g/mol. The molecule has 17 heteroatoms. The number of hydrogen-bond donors (Lipinski definition) is 9. The van der Waals surface area contributed by atoms with E-state index >= 15 is 0 Å². The molecule has 0 aromatic rings. The molecule has 19 unspecified atom stereocenters. The minimum atomic E-state index is -1.69. The van der Waals surface area contributed by atoms with Crippen LogP contribution < -0.4 is 0 Å². The van der Waals surface area contributed by atoms with Crippen molar-refractivity contribution in [3.63, 3.8) is 0 Å². The Labute approximate surface area is 271 Å². The van der Waals surface area contributed by atoms with E-state index in [4.69, 9.17) is 33.2 Å². The van der Waals surface area contributed by atoms with Gasteiger partial charge in [0.05, 0.1) is 49.3 Å². The molecule has 0 radical (unpaired) electrons. The number of esters is 1. The fraction of sp³-hybridized carbons (Fsp3) is 0.967. The largest absolute Gasteiger partial charge is 0.463 e. The minimum Gasteiger partial charge on any atom is -0.463 e. The summed E-state index contributed by atoms with van der Waals surface area (Å²) in [7, 11) is 1.50. The van der Waals surface area contributed by atoms with Crippen molar-refractivity contribution in [2.75, 3.05) is 20.3 Å². The van der Waals surface area contributed by atoms with Crippen LogP contribution in [0.1, 0.15) is 45.4 Å². The van der Waals surface area contributed by atoms with E-state index in [1.54, 1.807) is 0 Å². The van der Waals surface area contributed by atoms with Crippen LogP contribution in [0.2, 0.25) is 0 Å². The summed E-state index contributed by atoms with van der Waals surface area (Å²) in [5.41, 5.74) is 0. The fourth-order valence-electron chi connectivity index (χ4n) is 7.66. The van der Waals surface area contributed by atoms with E-state index in [0.717, 1.165) is 0 Å². The summed E-state index contributed by atoms with van der Waals surface area (Å²) in [4.78, 5) is 11.3. The van der Waals surface area contributed by atoms with Gasteiger partial charge in [-0.05, 0) is 38.0 Å². The van der Waals surface area contributed by atoms with Crippen molar-refractivity contribution in [1.82, 2.24) is 0 Å². The first kappa shape index (κ1) is 37.1. The Morgan fingerprint density at radius 1 is 0.702 bits per heavy atom. The number of fused-ring (bicyclic) bond motifs is 1. The van der Waals surface area contributed by atoms with Crippen LogP contribution in [0.4, 0.5) is 0 Å². The van der Waals surface area contributed by atoms with Crippen LogP contribution in [0.3, 0.4) is 0 Å². The van der Waals surface area contributed by atoms with Gasteiger partial charge in [-0.2, -0.15) is 0 Å². The Bertz CT molecular complexity index is 1020. The van der Waals surface area contributed by atoms with Crippen LogP contribution in [0.15, 0.2) is 0 Å². The van der Waals surface area contributed by atoms with Crippen molar-refractivity contribution in [1.29, 1.82) is 0 Å². The molecule has 0 amide bonds. The molecule has 3 heterocycles. The SMILES string of the molecule is COC1CC(C2OC3CC(O)CC(OC4OC(COC(C)=O)C(O)C(O)C4O)C3CC2OC2OC(CO)C(O)C(O)C2O)CCC1O. The molecule has 2 aliphatic carbocycles. The summed E-state index contributed by atoms with van der Waals surface area (Å²) in [6, 6.07) is 0. The number of carbonyl (C=O) groups excluding carboxylic acids is 1. The minimum absolute atomic E-state index is 0.0865. The lowest BCUT2D eigenvalue weighted by Gasteiger charge is -2.52. The van der Waals surface area contributed by atoms with E-state index in [2.05, 4.69) is 0 Å². The second-order valence-corrected chi connectivity index (χ2v) is 13.4. The van der Waals surface area contributed by atoms with Crippen LogP contribution in [0, 0.1) is 11.8 Å². The normalized spacial score (nSPS) is 50.8. The van der Waals surface area contributed by atoms with Crippen LogP contribution in [0.5, 0.6) is 0 Å². The van der Waals surface area contributed by atoms with Crippen LogP contribution in [-0.4, -0.2) is 176 Å². The standard InChI is InChI=1S/C30H50O17/c1-11(32)42-10-21-23(36)25(38)27(40)29(47-21)44-17-7-13(33)6-16-14(17)8-19(28(43-16)12-3-4-15(34)18(5-12)41-2)45-30-26(39)24(37)22(35)20(9-31)46-30/h12-31,33-40H,3-10H2,1-2H3. The van der Waals surface area contributed by atoms with Gasteiger partial charge in [-0.1, -0.05) is 0 Å². The summed E-state index contributed by atoms with van der Waals surface area (Å²) in [5.74, 6) is -1.33. The van der Waals surface area contributed by atoms with Crippen LogP contribution in [0.25, 0.3) is 0 Å². The van der Waals surface area contributed by atoms with Crippen molar-refractivity contribution in [2.45, 2.75) is 150 Å². The number of methoxy groups -OCH3 is 1. The summed E-state index contributed by atoms with van der Waals surface area (Å²) in [6.45, 7) is 0.117. The fourth-order valence-corrected chi connectivity index (χ4v) is 7.66. The van der Waals surface area contributed by atoms with Crippen molar-refractivity contribution in [3.8, 4) is 0 Å². The first-order chi connectivity index (χ1) is 22.3. The van der Waals surface area contributed by atoms with Crippen molar-refractivity contribution < 1.29 is 83.9 Å². The highest BCUT2D eigenvalue weighted by molar-refractivity contribution is 5.65. The average molecular weight is 683 g/mol. The highest BCUT2D eigenvalue weighted by Gasteiger charge is 2.54. The molecule has 272 valence electrons. The van der Waals surface area contributed by atoms with Gasteiger partial charge in [0, 0.05) is 26.4 Å². The van der Waals surface area contributed by atoms with Crippen molar-refractivity contribution in [2.24, 2.45) is 11.8 Å². The van der Waals surface area contributed by atoms with Gasteiger partial charge in [0.2, 0.25) is 0 Å². The zero-order chi connectivity index (χ0) is 34.2. The van der Waals surface area contributed by atoms with E-state index in [1.807, 2.05) is 0 Å². The quantitative estimate of drug-likeness (QED) is 0.105. The lowest BCUT2D eigenvalue weighted by molar-refractivity contribution is -0.344. The summed E-state index contributed by atoms with van der Waals surface area (Å²) >= 11 is 0. The van der Waals surface area contributed by atoms with Crippen molar-refractivity contribution >= 4 is 5.97 Å². The topological polar surface area (TPSA) is 264 Å². The molecule has 47 heavy (non-hydrogen) atoms. The van der Waals surface area contributed by atoms with Gasteiger partial charge in [-0.25, -0.2) is 0 Å². The monoisotopic (exact) mass is 682 g/mol. The predicted octanol–water partition coefficient (Wildman–Crippen LogP) is -3.97. The van der Waals surface area contributed by atoms with Gasteiger partial charge in [-0.15, -0.1) is 0 Å². The maximum Gasteiger partial charge on any atom is 0.302 e. The first-order valence-corrected chi connectivity index (χ1v) is 16.3. The molecule has 3 aliphatic heterocycles. The molecule has 9 N–H and O–H groups in total. The number of rotatable bonds is 9. The van der Waals surface area contributed by atoms with E-state index in [-0.39, 0.29) is 25.2 Å². The second-order valence-electron chi connectivity index (χ2n) is 13.4.